The first-order valence-corrected chi connectivity index (χ1v) is 10.3. The number of thiocarbonyl (C=S) groups is 1. The van der Waals surface area contributed by atoms with Crippen molar-refractivity contribution in [3.63, 3.8) is 0 Å². The van der Waals surface area contributed by atoms with Crippen LogP contribution in [0.15, 0.2) is 18.2 Å². The Labute approximate surface area is 155 Å². The van der Waals surface area contributed by atoms with E-state index >= 15 is 0 Å². The van der Waals surface area contributed by atoms with E-state index in [-0.39, 0.29) is 17.8 Å². The third kappa shape index (κ3) is 4.43. The SMILES string of the molecule is CC(=S)NC[C@H]1CN(c2ccc(C3CC[S+](O)CC3)c(F)c2)C(=O)O1. The first kappa shape index (κ1) is 18.4. The molecule has 2 saturated heterocycles. The van der Waals surface area contributed by atoms with Crippen molar-refractivity contribution in [3.05, 3.63) is 29.6 Å². The molecule has 1 aromatic rings. The summed E-state index contributed by atoms with van der Waals surface area (Å²) in [6, 6.07) is 4.94. The van der Waals surface area contributed by atoms with Gasteiger partial charge in [0.25, 0.3) is 0 Å². The number of anilines is 1. The minimum Gasteiger partial charge on any atom is -0.442 e. The number of nitrogens with zero attached hydrogens (tertiary/aromatic N) is 1. The van der Waals surface area contributed by atoms with E-state index < -0.39 is 17.3 Å². The molecule has 0 unspecified atom stereocenters. The van der Waals surface area contributed by atoms with Gasteiger partial charge in [0.2, 0.25) is 0 Å². The predicted octanol–water partition coefficient (Wildman–Crippen LogP) is 3.06. The Morgan fingerprint density at radius 1 is 1.48 bits per heavy atom. The second-order valence-corrected chi connectivity index (χ2v) is 8.76. The van der Waals surface area contributed by atoms with E-state index in [9.17, 15) is 13.7 Å². The zero-order chi connectivity index (χ0) is 18.0. The molecule has 1 atom stereocenters. The Bertz CT molecular complexity index is 665. The molecule has 2 N–H and O–H groups in total. The van der Waals surface area contributed by atoms with Crippen molar-refractivity contribution in [2.45, 2.75) is 31.8 Å². The molecule has 136 valence electrons. The quantitative estimate of drug-likeness (QED) is 0.616. The number of nitrogens with one attached hydrogen (secondary N) is 1. The minimum atomic E-state index is -0.519. The van der Waals surface area contributed by atoms with Crippen molar-refractivity contribution < 1.29 is 18.5 Å². The smallest absolute Gasteiger partial charge is 0.414 e. The Kier molecular flexibility index (Phi) is 5.81. The molecule has 1 amide bonds. The molecule has 0 aliphatic carbocycles. The number of carbonyl (C=O) groups excluding carboxylic acids is 1. The highest BCUT2D eigenvalue weighted by molar-refractivity contribution is 7.91. The normalized spacial score (nSPS) is 26.4. The van der Waals surface area contributed by atoms with Gasteiger partial charge in [-0.1, -0.05) is 18.3 Å². The van der Waals surface area contributed by atoms with Gasteiger partial charge in [-0.25, -0.2) is 9.18 Å². The highest BCUT2D eigenvalue weighted by atomic mass is 32.2. The zero-order valence-corrected chi connectivity index (χ0v) is 15.7. The van der Waals surface area contributed by atoms with Gasteiger partial charge in [-0.3, -0.25) is 4.90 Å². The van der Waals surface area contributed by atoms with Crippen LogP contribution in [0.5, 0.6) is 0 Å². The second kappa shape index (κ2) is 7.88. The molecule has 0 bridgehead atoms. The number of hydrogen-bond donors (Lipinski definition) is 2. The second-order valence-electron chi connectivity index (χ2n) is 6.40. The summed E-state index contributed by atoms with van der Waals surface area (Å²) in [4.78, 5) is 14.1. The lowest BCUT2D eigenvalue weighted by atomic mass is 9.93. The van der Waals surface area contributed by atoms with Crippen molar-refractivity contribution in [1.82, 2.24) is 5.32 Å². The van der Waals surface area contributed by atoms with Gasteiger partial charge in [0.1, 0.15) is 34.6 Å². The summed E-state index contributed by atoms with van der Waals surface area (Å²) in [5, 5.41) is 2.98. The van der Waals surface area contributed by atoms with Crippen molar-refractivity contribution in [2.24, 2.45) is 0 Å². The van der Waals surface area contributed by atoms with Crippen LogP contribution in [0.1, 0.15) is 31.2 Å². The summed E-state index contributed by atoms with van der Waals surface area (Å²) in [5.74, 6) is 1.31. The van der Waals surface area contributed by atoms with E-state index in [1.807, 2.05) is 0 Å². The first-order valence-electron chi connectivity index (χ1n) is 8.32. The van der Waals surface area contributed by atoms with Crippen molar-refractivity contribution in [2.75, 3.05) is 29.5 Å². The minimum absolute atomic E-state index is 0.137. The van der Waals surface area contributed by atoms with Crippen LogP contribution < -0.4 is 10.2 Å². The molecule has 2 aliphatic rings. The van der Waals surface area contributed by atoms with Gasteiger partial charge < -0.3 is 10.1 Å². The molecule has 1 aromatic carbocycles. The van der Waals surface area contributed by atoms with Gasteiger partial charge in [0, 0.05) is 12.8 Å². The fourth-order valence-electron chi connectivity index (χ4n) is 3.23. The maximum absolute atomic E-state index is 14.6. The summed E-state index contributed by atoms with van der Waals surface area (Å²) in [5.41, 5.74) is 1.17. The number of rotatable bonds is 4. The Morgan fingerprint density at radius 2 is 2.20 bits per heavy atom. The van der Waals surface area contributed by atoms with Crippen LogP contribution in [0.2, 0.25) is 0 Å². The molecule has 2 heterocycles. The molecular formula is C17H22FN2O3S2+. The summed E-state index contributed by atoms with van der Waals surface area (Å²) in [6.45, 7) is 2.58. The molecule has 2 aliphatic heterocycles. The molecule has 0 saturated carbocycles. The number of ether oxygens (including phenoxy) is 1. The lowest BCUT2D eigenvalue weighted by molar-refractivity contribution is 0.143. The molecule has 0 radical (unpaired) electrons. The lowest BCUT2D eigenvalue weighted by Crippen LogP contribution is -2.32. The number of hydrogen-bond acceptors (Lipinski definition) is 4. The van der Waals surface area contributed by atoms with Crippen LogP contribution in [0, 0.1) is 5.82 Å². The molecular weight excluding hydrogens is 363 g/mol. The Morgan fingerprint density at radius 3 is 2.84 bits per heavy atom. The summed E-state index contributed by atoms with van der Waals surface area (Å²) in [6.07, 6.45) is 0.815. The van der Waals surface area contributed by atoms with E-state index in [0.29, 0.717) is 29.3 Å². The Hall–Kier alpha value is -1.38. The van der Waals surface area contributed by atoms with Crippen molar-refractivity contribution in [3.8, 4) is 0 Å². The van der Waals surface area contributed by atoms with E-state index in [4.69, 9.17) is 17.0 Å². The molecule has 5 nitrogen and oxygen atoms in total. The average Bonchev–Trinajstić information content (AvgIpc) is 2.95. The third-order valence-electron chi connectivity index (χ3n) is 4.59. The number of cyclic esters (lactones) is 1. The van der Waals surface area contributed by atoms with Crippen LogP contribution in [0.4, 0.5) is 14.9 Å². The maximum Gasteiger partial charge on any atom is 0.414 e. The number of carbonyl (C=O) groups is 1. The molecule has 3 rings (SSSR count). The molecule has 25 heavy (non-hydrogen) atoms. The highest BCUT2D eigenvalue weighted by Gasteiger charge is 2.34. The maximum atomic E-state index is 14.6. The van der Waals surface area contributed by atoms with Crippen LogP contribution in [-0.4, -0.2) is 46.3 Å². The van der Waals surface area contributed by atoms with Gasteiger partial charge in [-0.05, 0) is 30.5 Å². The van der Waals surface area contributed by atoms with Crippen LogP contribution in [0.25, 0.3) is 0 Å². The van der Waals surface area contributed by atoms with Crippen molar-refractivity contribution >= 4 is 40.2 Å². The molecule has 2 fully saturated rings. The fraction of sp³-hybridized carbons (Fsp3) is 0.529. The highest BCUT2D eigenvalue weighted by Crippen LogP contribution is 2.33. The van der Waals surface area contributed by atoms with E-state index in [2.05, 4.69) is 5.32 Å². The van der Waals surface area contributed by atoms with Crippen LogP contribution in [0.3, 0.4) is 0 Å². The van der Waals surface area contributed by atoms with Crippen LogP contribution in [-0.2, 0) is 15.9 Å². The predicted molar refractivity (Wildman–Crippen MR) is 102 cm³/mol. The number of amides is 1. The third-order valence-corrected chi connectivity index (χ3v) is 6.15. The van der Waals surface area contributed by atoms with Crippen molar-refractivity contribution in [1.29, 1.82) is 0 Å². The zero-order valence-electron chi connectivity index (χ0n) is 14.0. The number of benzene rings is 1. The summed E-state index contributed by atoms with van der Waals surface area (Å²) in [7, 11) is 0. The largest absolute Gasteiger partial charge is 0.442 e. The van der Waals surface area contributed by atoms with E-state index in [0.717, 1.165) is 24.3 Å². The molecule has 0 spiro atoms. The standard InChI is InChI=1S/C17H21FN2O3S2/c1-11(24)19-9-14-10-20(17(21)23-14)13-2-3-15(16(18)8-13)12-4-6-25(22)7-5-12/h2-3,8,12,14,22H,4-7,9-10H2,1H3/p+1/t12?,14-,25?/m0/s1. The summed E-state index contributed by atoms with van der Waals surface area (Å²) >= 11 is 4.43. The molecule has 0 aromatic heterocycles. The topological polar surface area (TPSA) is 61.8 Å². The van der Waals surface area contributed by atoms with E-state index in [1.54, 1.807) is 19.1 Å². The van der Waals surface area contributed by atoms with Gasteiger partial charge >= 0.3 is 6.09 Å². The average molecular weight is 386 g/mol. The molecule has 8 heteroatoms. The lowest BCUT2D eigenvalue weighted by Gasteiger charge is -2.21. The van der Waals surface area contributed by atoms with Gasteiger partial charge in [0.05, 0.1) is 23.8 Å². The Balaban J connectivity index is 1.68. The first-order chi connectivity index (χ1) is 11.9. The van der Waals surface area contributed by atoms with Gasteiger partial charge in [-0.2, -0.15) is 4.55 Å². The van der Waals surface area contributed by atoms with E-state index in [1.165, 1.54) is 11.0 Å². The fourth-order valence-corrected chi connectivity index (χ4v) is 4.63. The number of halogens is 1. The summed E-state index contributed by atoms with van der Waals surface area (Å²) < 4.78 is 29.5. The van der Waals surface area contributed by atoms with Gasteiger partial charge in [0.15, 0.2) is 0 Å². The monoisotopic (exact) mass is 385 g/mol. The van der Waals surface area contributed by atoms with Crippen LogP contribution >= 0.6 is 12.2 Å². The van der Waals surface area contributed by atoms with Gasteiger partial charge in [-0.15, -0.1) is 0 Å².